The molecule has 0 aromatic heterocycles. The Labute approximate surface area is 142 Å². The fourth-order valence-corrected chi connectivity index (χ4v) is 3.55. The van der Waals surface area contributed by atoms with Gasteiger partial charge in [-0.05, 0) is 55.3 Å². The van der Waals surface area contributed by atoms with Crippen LogP contribution in [0.25, 0.3) is 10.8 Å². The number of hydrogen-bond acceptors (Lipinski definition) is 5. The van der Waals surface area contributed by atoms with Gasteiger partial charge in [0.15, 0.2) is 9.84 Å². The standard InChI is InChI=1S/C18H22O5S/c1-18(2,3)23-17(20)8-9-24(21,22)16-7-6-14-10-13(12-19)4-5-15(14)11-16/h4-7,10-11,19H,8-9,12H2,1-3H3. The zero-order chi connectivity index (χ0) is 18.0. The van der Waals surface area contributed by atoms with E-state index in [2.05, 4.69) is 0 Å². The highest BCUT2D eigenvalue weighted by Crippen LogP contribution is 2.22. The highest BCUT2D eigenvalue weighted by atomic mass is 32.2. The van der Waals surface area contributed by atoms with E-state index >= 15 is 0 Å². The Morgan fingerprint density at radius 3 is 2.33 bits per heavy atom. The maximum Gasteiger partial charge on any atom is 0.307 e. The number of carbonyl (C=O) groups excluding carboxylic acids is 1. The molecule has 130 valence electrons. The molecule has 0 aliphatic carbocycles. The van der Waals surface area contributed by atoms with Gasteiger partial charge in [0.25, 0.3) is 0 Å². The molecule has 0 saturated heterocycles. The lowest BCUT2D eigenvalue weighted by Crippen LogP contribution is -2.25. The summed E-state index contributed by atoms with van der Waals surface area (Å²) >= 11 is 0. The van der Waals surface area contributed by atoms with Gasteiger partial charge in [0.1, 0.15) is 5.60 Å². The summed E-state index contributed by atoms with van der Waals surface area (Å²) in [4.78, 5) is 11.9. The topological polar surface area (TPSA) is 80.7 Å². The normalized spacial score (nSPS) is 12.3. The fourth-order valence-electron chi connectivity index (χ4n) is 2.29. The molecule has 0 heterocycles. The van der Waals surface area contributed by atoms with E-state index in [0.717, 1.165) is 16.3 Å². The molecule has 0 unspecified atom stereocenters. The Kier molecular flexibility index (Phi) is 5.30. The molecule has 2 aromatic rings. The van der Waals surface area contributed by atoms with E-state index in [1.54, 1.807) is 45.0 Å². The number of benzene rings is 2. The monoisotopic (exact) mass is 350 g/mol. The van der Waals surface area contributed by atoms with Crippen LogP contribution in [-0.2, 0) is 26.0 Å². The summed E-state index contributed by atoms with van der Waals surface area (Å²) in [6.07, 6.45) is -0.179. The minimum absolute atomic E-state index is 0.0636. The minimum Gasteiger partial charge on any atom is -0.460 e. The average Bonchev–Trinajstić information content (AvgIpc) is 2.50. The first-order valence-corrected chi connectivity index (χ1v) is 9.34. The van der Waals surface area contributed by atoms with Crippen molar-refractivity contribution in [2.24, 2.45) is 0 Å². The van der Waals surface area contributed by atoms with Crippen LogP contribution in [0.4, 0.5) is 0 Å². The quantitative estimate of drug-likeness (QED) is 0.839. The molecule has 5 nitrogen and oxygen atoms in total. The van der Waals surface area contributed by atoms with Gasteiger partial charge in [0.2, 0.25) is 0 Å². The zero-order valence-corrected chi connectivity index (χ0v) is 14.9. The Bertz CT molecular complexity index is 847. The molecular weight excluding hydrogens is 328 g/mol. The Balaban J connectivity index is 2.17. The second kappa shape index (κ2) is 6.91. The summed E-state index contributed by atoms with van der Waals surface area (Å²) in [5.41, 5.74) is 0.136. The number of carbonyl (C=O) groups is 1. The number of ether oxygens (including phenoxy) is 1. The van der Waals surface area contributed by atoms with Gasteiger partial charge in [-0.2, -0.15) is 0 Å². The van der Waals surface area contributed by atoms with Gasteiger partial charge < -0.3 is 9.84 Å². The predicted octanol–water partition coefficient (Wildman–Crippen LogP) is 2.84. The van der Waals surface area contributed by atoms with Gasteiger partial charge in [0.05, 0.1) is 23.7 Å². The third-order valence-corrected chi connectivity index (χ3v) is 5.13. The van der Waals surface area contributed by atoms with Crippen LogP contribution in [-0.4, -0.2) is 30.8 Å². The molecule has 2 rings (SSSR count). The van der Waals surface area contributed by atoms with Crippen molar-refractivity contribution >= 4 is 26.6 Å². The van der Waals surface area contributed by atoms with Crippen molar-refractivity contribution < 1.29 is 23.1 Å². The molecule has 6 heteroatoms. The second-order valence-electron chi connectivity index (χ2n) is 6.66. The van der Waals surface area contributed by atoms with Gasteiger partial charge in [-0.1, -0.05) is 18.2 Å². The molecule has 0 amide bonds. The molecule has 1 N–H and O–H groups in total. The lowest BCUT2D eigenvalue weighted by Gasteiger charge is -2.19. The van der Waals surface area contributed by atoms with Crippen molar-refractivity contribution in [3.05, 3.63) is 42.0 Å². The first-order chi connectivity index (χ1) is 11.1. The summed E-state index contributed by atoms with van der Waals surface area (Å²) in [6.45, 7) is 5.15. The van der Waals surface area contributed by atoms with Crippen LogP contribution in [0.2, 0.25) is 0 Å². The van der Waals surface area contributed by atoms with E-state index in [9.17, 15) is 13.2 Å². The summed E-state index contributed by atoms with van der Waals surface area (Å²) in [5.74, 6) is -0.818. The summed E-state index contributed by atoms with van der Waals surface area (Å²) in [5, 5.41) is 10.8. The largest absolute Gasteiger partial charge is 0.460 e. The van der Waals surface area contributed by atoms with E-state index in [-0.39, 0.29) is 23.7 Å². The van der Waals surface area contributed by atoms with Crippen molar-refractivity contribution in [3.63, 3.8) is 0 Å². The van der Waals surface area contributed by atoms with Gasteiger partial charge in [-0.15, -0.1) is 0 Å². The van der Waals surface area contributed by atoms with Crippen LogP contribution >= 0.6 is 0 Å². The Hall–Kier alpha value is -1.92. The van der Waals surface area contributed by atoms with Gasteiger partial charge in [0, 0.05) is 0 Å². The highest BCUT2D eigenvalue weighted by Gasteiger charge is 2.21. The molecule has 0 fully saturated rings. The van der Waals surface area contributed by atoms with E-state index in [1.807, 2.05) is 6.07 Å². The van der Waals surface area contributed by atoms with Crippen molar-refractivity contribution in [2.75, 3.05) is 5.75 Å². The number of aliphatic hydroxyl groups is 1. The summed E-state index contributed by atoms with van der Waals surface area (Å²) in [7, 11) is -3.57. The van der Waals surface area contributed by atoms with E-state index in [4.69, 9.17) is 9.84 Å². The predicted molar refractivity (Wildman–Crippen MR) is 92.4 cm³/mol. The van der Waals surface area contributed by atoms with E-state index in [0.29, 0.717) is 0 Å². The van der Waals surface area contributed by atoms with Crippen molar-refractivity contribution in [1.82, 2.24) is 0 Å². The van der Waals surface area contributed by atoms with Crippen LogP contribution in [0.15, 0.2) is 41.3 Å². The minimum atomic E-state index is -3.57. The maximum atomic E-state index is 12.4. The van der Waals surface area contributed by atoms with Gasteiger partial charge in [-0.25, -0.2) is 8.42 Å². The van der Waals surface area contributed by atoms with E-state index in [1.165, 1.54) is 6.07 Å². The molecule has 0 saturated carbocycles. The lowest BCUT2D eigenvalue weighted by atomic mass is 10.1. The van der Waals surface area contributed by atoms with Crippen LogP contribution in [0.1, 0.15) is 32.8 Å². The number of esters is 1. The van der Waals surface area contributed by atoms with Crippen LogP contribution in [0.3, 0.4) is 0 Å². The van der Waals surface area contributed by atoms with Crippen LogP contribution < -0.4 is 0 Å². The van der Waals surface area contributed by atoms with Crippen LogP contribution in [0, 0.1) is 0 Å². The van der Waals surface area contributed by atoms with Gasteiger partial charge in [-0.3, -0.25) is 4.79 Å². The number of rotatable bonds is 5. The molecule has 0 aliphatic heterocycles. The Morgan fingerprint density at radius 2 is 1.71 bits per heavy atom. The fraction of sp³-hybridized carbons (Fsp3) is 0.389. The third kappa shape index (κ3) is 4.79. The van der Waals surface area contributed by atoms with Gasteiger partial charge >= 0.3 is 5.97 Å². The molecular formula is C18H22O5S. The van der Waals surface area contributed by atoms with Crippen molar-refractivity contribution in [3.8, 4) is 0 Å². The molecule has 0 atom stereocenters. The first kappa shape index (κ1) is 18.4. The molecule has 0 spiro atoms. The number of aliphatic hydroxyl groups excluding tert-OH is 1. The maximum absolute atomic E-state index is 12.4. The second-order valence-corrected chi connectivity index (χ2v) is 8.77. The van der Waals surface area contributed by atoms with Crippen LogP contribution in [0.5, 0.6) is 0 Å². The van der Waals surface area contributed by atoms with Crippen molar-refractivity contribution in [1.29, 1.82) is 0 Å². The number of hydrogen-bond donors (Lipinski definition) is 1. The van der Waals surface area contributed by atoms with E-state index < -0.39 is 21.4 Å². The zero-order valence-electron chi connectivity index (χ0n) is 14.1. The smallest absolute Gasteiger partial charge is 0.307 e. The average molecular weight is 350 g/mol. The molecule has 0 aliphatic rings. The summed E-state index contributed by atoms with van der Waals surface area (Å²) in [6, 6.07) is 10.1. The third-order valence-electron chi connectivity index (χ3n) is 3.41. The number of fused-ring (bicyclic) bond motifs is 1. The molecule has 0 radical (unpaired) electrons. The first-order valence-electron chi connectivity index (χ1n) is 7.69. The Morgan fingerprint density at radius 1 is 1.08 bits per heavy atom. The van der Waals surface area contributed by atoms with Crippen molar-refractivity contribution in [2.45, 2.75) is 44.3 Å². The highest BCUT2D eigenvalue weighted by molar-refractivity contribution is 7.91. The lowest BCUT2D eigenvalue weighted by molar-refractivity contribution is -0.154. The molecule has 2 aromatic carbocycles. The SMILES string of the molecule is CC(C)(C)OC(=O)CCS(=O)(=O)c1ccc2cc(CO)ccc2c1. The molecule has 0 bridgehead atoms. The summed E-state index contributed by atoms with van der Waals surface area (Å²) < 4.78 is 30.0. The number of sulfone groups is 1. The molecule has 24 heavy (non-hydrogen) atoms.